The molecule has 2 aromatic heterocycles. The summed E-state index contributed by atoms with van der Waals surface area (Å²) in [7, 11) is 0. The predicted octanol–water partition coefficient (Wildman–Crippen LogP) is 3.58. The number of benzene rings is 1. The zero-order valence-electron chi connectivity index (χ0n) is 16.2. The molecule has 1 unspecified atom stereocenters. The maximum Gasteiger partial charge on any atom is 0.331 e. The third-order valence-corrected chi connectivity index (χ3v) is 5.64. The standard InChI is InChI=1S/C22H26N4O2/c1-16(17-9-4-2-5-10-17)24-20(27)15-25-19-13-8-14-23-21(19)26(22(25)28)18-11-6-3-7-12-18/h2,4-5,8-10,13-14,16,18H,3,6-7,11-12,15H2,1H3,(H,24,27). The highest BCUT2D eigenvalue weighted by molar-refractivity contribution is 5.79. The van der Waals surface area contributed by atoms with Crippen molar-refractivity contribution in [3.63, 3.8) is 0 Å². The van der Waals surface area contributed by atoms with E-state index in [4.69, 9.17) is 0 Å². The zero-order chi connectivity index (χ0) is 19.5. The van der Waals surface area contributed by atoms with Gasteiger partial charge in [0, 0.05) is 12.2 Å². The lowest BCUT2D eigenvalue weighted by atomic mass is 9.95. The van der Waals surface area contributed by atoms with Gasteiger partial charge in [0.15, 0.2) is 5.65 Å². The third kappa shape index (κ3) is 3.59. The molecule has 1 saturated carbocycles. The number of rotatable bonds is 5. The molecule has 6 heteroatoms. The fourth-order valence-corrected chi connectivity index (χ4v) is 4.19. The van der Waals surface area contributed by atoms with Gasteiger partial charge in [0.2, 0.25) is 5.91 Å². The molecule has 3 aromatic rings. The minimum Gasteiger partial charge on any atom is -0.348 e. The molecule has 0 spiro atoms. The fraction of sp³-hybridized carbons (Fsp3) is 0.409. The number of nitrogens with zero attached hydrogens (tertiary/aromatic N) is 3. The van der Waals surface area contributed by atoms with Crippen LogP contribution in [0.3, 0.4) is 0 Å². The average molecular weight is 378 g/mol. The van der Waals surface area contributed by atoms with Crippen molar-refractivity contribution in [2.24, 2.45) is 0 Å². The summed E-state index contributed by atoms with van der Waals surface area (Å²) in [6.07, 6.45) is 7.18. The maximum absolute atomic E-state index is 13.2. The molecule has 1 aromatic carbocycles. The van der Waals surface area contributed by atoms with Crippen LogP contribution >= 0.6 is 0 Å². The van der Waals surface area contributed by atoms with Crippen LogP contribution in [-0.4, -0.2) is 20.0 Å². The molecule has 1 atom stereocenters. The molecule has 0 aliphatic heterocycles. The summed E-state index contributed by atoms with van der Waals surface area (Å²) in [5, 5.41) is 3.00. The topological polar surface area (TPSA) is 68.9 Å². The van der Waals surface area contributed by atoms with Crippen molar-refractivity contribution in [3.8, 4) is 0 Å². The van der Waals surface area contributed by atoms with Crippen LogP contribution in [0.15, 0.2) is 53.5 Å². The van der Waals surface area contributed by atoms with Gasteiger partial charge in [0.05, 0.1) is 11.6 Å². The van der Waals surface area contributed by atoms with Crippen molar-refractivity contribution in [2.75, 3.05) is 0 Å². The molecule has 146 valence electrons. The van der Waals surface area contributed by atoms with E-state index in [1.807, 2.05) is 54.0 Å². The summed E-state index contributed by atoms with van der Waals surface area (Å²) in [4.78, 5) is 30.3. The molecule has 6 nitrogen and oxygen atoms in total. The molecule has 0 bridgehead atoms. The van der Waals surface area contributed by atoms with Gasteiger partial charge in [-0.2, -0.15) is 0 Å². The first kappa shape index (κ1) is 18.5. The van der Waals surface area contributed by atoms with E-state index in [0.717, 1.165) is 36.8 Å². The lowest BCUT2D eigenvalue weighted by Gasteiger charge is -2.22. The van der Waals surface area contributed by atoms with Crippen LogP contribution in [0.1, 0.15) is 56.7 Å². The van der Waals surface area contributed by atoms with Gasteiger partial charge >= 0.3 is 5.69 Å². The van der Waals surface area contributed by atoms with Crippen LogP contribution < -0.4 is 11.0 Å². The van der Waals surface area contributed by atoms with Crippen LogP contribution in [0.25, 0.3) is 11.2 Å². The van der Waals surface area contributed by atoms with Crippen molar-refractivity contribution in [3.05, 3.63) is 64.7 Å². The molecule has 1 amide bonds. The summed E-state index contributed by atoms with van der Waals surface area (Å²) in [6.45, 7) is 1.95. The molecule has 28 heavy (non-hydrogen) atoms. The van der Waals surface area contributed by atoms with E-state index < -0.39 is 0 Å². The highest BCUT2D eigenvalue weighted by atomic mass is 16.2. The molecule has 1 aliphatic rings. The van der Waals surface area contributed by atoms with E-state index in [2.05, 4.69) is 10.3 Å². The number of aromatic nitrogens is 3. The lowest BCUT2D eigenvalue weighted by molar-refractivity contribution is -0.122. The highest BCUT2D eigenvalue weighted by Gasteiger charge is 2.24. The van der Waals surface area contributed by atoms with E-state index in [9.17, 15) is 9.59 Å². The summed E-state index contributed by atoms with van der Waals surface area (Å²) >= 11 is 0. The van der Waals surface area contributed by atoms with Crippen molar-refractivity contribution in [2.45, 2.75) is 57.7 Å². The van der Waals surface area contributed by atoms with Crippen molar-refractivity contribution >= 4 is 17.1 Å². The van der Waals surface area contributed by atoms with E-state index in [-0.39, 0.29) is 30.2 Å². The first-order valence-electron chi connectivity index (χ1n) is 10.0. The number of amides is 1. The molecule has 2 heterocycles. The number of imidazole rings is 1. The molecule has 4 rings (SSSR count). The van der Waals surface area contributed by atoms with Crippen molar-refractivity contribution in [1.82, 2.24) is 19.4 Å². The Hall–Kier alpha value is -2.89. The number of carbonyl (C=O) groups is 1. The smallest absolute Gasteiger partial charge is 0.331 e. The second kappa shape index (κ2) is 8.00. The number of hydrogen-bond donors (Lipinski definition) is 1. The summed E-state index contributed by atoms with van der Waals surface area (Å²) < 4.78 is 3.37. The Balaban J connectivity index is 1.61. The van der Waals surface area contributed by atoms with Crippen molar-refractivity contribution in [1.29, 1.82) is 0 Å². The van der Waals surface area contributed by atoms with Crippen LogP contribution in [0.2, 0.25) is 0 Å². The predicted molar refractivity (Wildman–Crippen MR) is 109 cm³/mol. The van der Waals surface area contributed by atoms with Gasteiger partial charge in [0.25, 0.3) is 0 Å². The second-order valence-electron chi connectivity index (χ2n) is 7.58. The van der Waals surface area contributed by atoms with Gasteiger partial charge in [-0.3, -0.25) is 13.9 Å². The summed E-state index contributed by atoms with van der Waals surface area (Å²) in [5.74, 6) is -0.176. The Kier molecular flexibility index (Phi) is 5.28. The SMILES string of the molecule is CC(NC(=O)Cn1c(=O)n(C2CCCCC2)c2ncccc21)c1ccccc1. The van der Waals surface area contributed by atoms with Gasteiger partial charge in [-0.1, -0.05) is 49.6 Å². The molecule has 0 saturated heterocycles. The van der Waals surface area contributed by atoms with E-state index in [1.54, 1.807) is 10.8 Å². The minimum atomic E-state index is -0.176. The van der Waals surface area contributed by atoms with Gasteiger partial charge in [-0.15, -0.1) is 0 Å². The Morgan fingerprint density at radius 1 is 1.14 bits per heavy atom. The highest BCUT2D eigenvalue weighted by Crippen LogP contribution is 2.29. The zero-order valence-corrected chi connectivity index (χ0v) is 16.2. The number of hydrogen-bond acceptors (Lipinski definition) is 3. The van der Waals surface area contributed by atoms with Gasteiger partial charge in [-0.25, -0.2) is 9.78 Å². The minimum absolute atomic E-state index is 0.00206. The first-order chi connectivity index (χ1) is 13.6. The summed E-state index contributed by atoms with van der Waals surface area (Å²) in [5.41, 5.74) is 2.31. The number of fused-ring (bicyclic) bond motifs is 1. The second-order valence-corrected chi connectivity index (χ2v) is 7.58. The molecule has 1 N–H and O–H groups in total. The lowest BCUT2D eigenvalue weighted by Crippen LogP contribution is -2.35. The number of carbonyl (C=O) groups excluding carboxylic acids is 1. The molecular weight excluding hydrogens is 352 g/mol. The Labute approximate surface area is 164 Å². The molecule has 1 fully saturated rings. The van der Waals surface area contributed by atoms with Crippen LogP contribution in [-0.2, 0) is 11.3 Å². The van der Waals surface area contributed by atoms with Gasteiger partial charge in [-0.05, 0) is 37.5 Å². The van der Waals surface area contributed by atoms with Crippen LogP contribution in [0.5, 0.6) is 0 Å². The van der Waals surface area contributed by atoms with Crippen LogP contribution in [0, 0.1) is 0 Å². The average Bonchev–Trinajstić information content (AvgIpc) is 3.01. The molecule has 0 radical (unpaired) electrons. The van der Waals surface area contributed by atoms with Crippen LogP contribution in [0.4, 0.5) is 0 Å². The van der Waals surface area contributed by atoms with E-state index >= 15 is 0 Å². The normalized spacial score (nSPS) is 16.2. The monoisotopic (exact) mass is 378 g/mol. The van der Waals surface area contributed by atoms with E-state index in [1.165, 1.54) is 6.42 Å². The molecular formula is C22H26N4O2. The Bertz CT molecular complexity index is 1020. The Morgan fingerprint density at radius 3 is 2.64 bits per heavy atom. The first-order valence-corrected chi connectivity index (χ1v) is 10.0. The quantitative estimate of drug-likeness (QED) is 0.738. The number of pyridine rings is 1. The molecule has 1 aliphatic carbocycles. The van der Waals surface area contributed by atoms with Gasteiger partial charge in [0.1, 0.15) is 6.54 Å². The van der Waals surface area contributed by atoms with Crippen molar-refractivity contribution < 1.29 is 4.79 Å². The third-order valence-electron chi connectivity index (χ3n) is 5.64. The maximum atomic E-state index is 13.2. The van der Waals surface area contributed by atoms with E-state index in [0.29, 0.717) is 5.65 Å². The number of nitrogens with one attached hydrogen (secondary N) is 1. The Morgan fingerprint density at radius 2 is 1.89 bits per heavy atom. The largest absolute Gasteiger partial charge is 0.348 e. The van der Waals surface area contributed by atoms with Gasteiger partial charge < -0.3 is 5.32 Å². The fourth-order valence-electron chi connectivity index (χ4n) is 4.19. The summed E-state index contributed by atoms with van der Waals surface area (Å²) in [6, 6.07) is 13.6.